The predicted octanol–water partition coefficient (Wildman–Crippen LogP) is 3.43. The van der Waals surface area contributed by atoms with Crippen molar-refractivity contribution in [1.82, 2.24) is 5.32 Å². The SMILES string of the molecule is Cc1ccc2c(c1)N(S(C)(=O)=O)CC(C(=O)NC(CC(C)C)c1ccccc1)O2. The Bertz CT molecular complexity index is 974. The lowest BCUT2D eigenvalue weighted by atomic mass is 9.96. The summed E-state index contributed by atoms with van der Waals surface area (Å²) >= 11 is 0. The lowest BCUT2D eigenvalue weighted by Crippen LogP contribution is -2.51. The molecule has 3 rings (SSSR count). The summed E-state index contributed by atoms with van der Waals surface area (Å²) in [7, 11) is -3.55. The Morgan fingerprint density at radius 3 is 2.52 bits per heavy atom. The number of aryl methyl sites for hydroxylation is 1. The maximum absolute atomic E-state index is 13.1. The average molecular weight is 417 g/mol. The second-order valence-electron chi connectivity index (χ2n) is 7.97. The molecule has 0 aromatic heterocycles. The van der Waals surface area contributed by atoms with Crippen LogP contribution in [0.4, 0.5) is 5.69 Å². The predicted molar refractivity (Wildman–Crippen MR) is 115 cm³/mol. The summed E-state index contributed by atoms with van der Waals surface area (Å²) in [6, 6.07) is 14.9. The van der Waals surface area contributed by atoms with Crippen LogP contribution in [-0.2, 0) is 14.8 Å². The van der Waals surface area contributed by atoms with E-state index in [4.69, 9.17) is 4.74 Å². The van der Waals surface area contributed by atoms with Gasteiger partial charge in [-0.15, -0.1) is 0 Å². The molecular formula is C22H28N2O4S. The molecule has 7 heteroatoms. The zero-order valence-corrected chi connectivity index (χ0v) is 18.1. The molecule has 2 unspecified atom stereocenters. The molecule has 0 saturated heterocycles. The van der Waals surface area contributed by atoms with E-state index in [1.54, 1.807) is 12.1 Å². The van der Waals surface area contributed by atoms with E-state index in [0.717, 1.165) is 23.8 Å². The van der Waals surface area contributed by atoms with Crippen LogP contribution in [0.3, 0.4) is 0 Å². The highest BCUT2D eigenvalue weighted by atomic mass is 32.2. The third kappa shape index (κ3) is 5.09. The van der Waals surface area contributed by atoms with Gasteiger partial charge < -0.3 is 10.1 Å². The molecule has 0 saturated carbocycles. The summed E-state index contributed by atoms with van der Waals surface area (Å²) in [4.78, 5) is 13.1. The molecule has 2 aromatic rings. The van der Waals surface area contributed by atoms with Gasteiger partial charge in [0.1, 0.15) is 5.75 Å². The molecule has 0 fully saturated rings. The van der Waals surface area contributed by atoms with E-state index in [9.17, 15) is 13.2 Å². The van der Waals surface area contributed by atoms with Gasteiger partial charge in [-0.05, 0) is 42.5 Å². The number of carbonyl (C=O) groups is 1. The zero-order chi connectivity index (χ0) is 21.2. The van der Waals surface area contributed by atoms with Gasteiger partial charge in [0.05, 0.1) is 24.5 Å². The molecule has 6 nitrogen and oxygen atoms in total. The van der Waals surface area contributed by atoms with Gasteiger partial charge in [-0.25, -0.2) is 8.42 Å². The Balaban J connectivity index is 1.86. The first-order valence-corrected chi connectivity index (χ1v) is 11.6. The van der Waals surface area contributed by atoms with E-state index in [1.807, 2.05) is 43.3 Å². The normalized spacial score (nSPS) is 17.4. The van der Waals surface area contributed by atoms with Crippen molar-refractivity contribution in [3.63, 3.8) is 0 Å². The van der Waals surface area contributed by atoms with Crippen molar-refractivity contribution in [2.24, 2.45) is 5.92 Å². The third-order valence-corrected chi connectivity index (χ3v) is 6.05. The van der Waals surface area contributed by atoms with Crippen LogP contribution >= 0.6 is 0 Å². The number of benzene rings is 2. The van der Waals surface area contributed by atoms with Crippen molar-refractivity contribution in [2.75, 3.05) is 17.1 Å². The number of anilines is 1. The van der Waals surface area contributed by atoms with Crippen molar-refractivity contribution < 1.29 is 17.9 Å². The molecule has 29 heavy (non-hydrogen) atoms. The Morgan fingerprint density at radius 1 is 1.21 bits per heavy atom. The van der Waals surface area contributed by atoms with Gasteiger partial charge in [0.2, 0.25) is 10.0 Å². The summed E-state index contributed by atoms with van der Waals surface area (Å²) in [6.07, 6.45) is 0.997. The fourth-order valence-corrected chi connectivity index (χ4v) is 4.42. The molecule has 1 heterocycles. The first-order valence-electron chi connectivity index (χ1n) is 9.75. The van der Waals surface area contributed by atoms with Gasteiger partial charge >= 0.3 is 0 Å². The molecule has 1 amide bonds. The summed E-state index contributed by atoms with van der Waals surface area (Å²) < 4.78 is 31.9. The minimum absolute atomic E-state index is 0.0513. The molecule has 156 valence electrons. The Kier molecular flexibility index (Phi) is 6.17. The summed E-state index contributed by atoms with van der Waals surface area (Å²) in [5, 5.41) is 3.06. The Hall–Kier alpha value is -2.54. The van der Waals surface area contributed by atoms with Crippen LogP contribution in [0.1, 0.15) is 37.4 Å². The number of fused-ring (bicyclic) bond motifs is 1. The van der Waals surface area contributed by atoms with Crippen LogP contribution in [0.5, 0.6) is 5.75 Å². The van der Waals surface area contributed by atoms with Gasteiger partial charge in [0.15, 0.2) is 6.10 Å². The monoisotopic (exact) mass is 416 g/mol. The highest BCUT2D eigenvalue weighted by Gasteiger charge is 2.36. The first-order chi connectivity index (χ1) is 13.6. The smallest absolute Gasteiger partial charge is 0.263 e. The minimum Gasteiger partial charge on any atom is -0.476 e. The molecule has 2 aromatic carbocycles. The number of sulfonamides is 1. The first kappa shape index (κ1) is 21.2. The van der Waals surface area contributed by atoms with Crippen LogP contribution in [-0.4, -0.2) is 33.2 Å². The van der Waals surface area contributed by atoms with Gasteiger partial charge in [-0.3, -0.25) is 9.10 Å². The van der Waals surface area contributed by atoms with Crippen molar-refractivity contribution in [2.45, 2.75) is 39.3 Å². The van der Waals surface area contributed by atoms with Crippen molar-refractivity contribution in [3.05, 3.63) is 59.7 Å². The molecule has 0 bridgehead atoms. The number of amides is 1. The second kappa shape index (κ2) is 8.45. The Morgan fingerprint density at radius 2 is 1.90 bits per heavy atom. The van der Waals surface area contributed by atoms with Gasteiger partial charge in [-0.2, -0.15) is 0 Å². The zero-order valence-electron chi connectivity index (χ0n) is 17.3. The number of nitrogens with zero attached hydrogens (tertiary/aromatic N) is 1. The van der Waals surface area contributed by atoms with E-state index in [2.05, 4.69) is 19.2 Å². The van der Waals surface area contributed by atoms with E-state index in [0.29, 0.717) is 17.4 Å². The maximum atomic E-state index is 13.1. The fraction of sp³-hybridized carbons (Fsp3) is 0.409. The van der Waals surface area contributed by atoms with E-state index >= 15 is 0 Å². The van der Waals surface area contributed by atoms with Crippen LogP contribution in [0.25, 0.3) is 0 Å². The van der Waals surface area contributed by atoms with Gasteiger partial charge in [-0.1, -0.05) is 50.2 Å². The van der Waals surface area contributed by atoms with E-state index in [-0.39, 0.29) is 18.5 Å². The average Bonchev–Trinajstić information content (AvgIpc) is 2.66. The number of hydrogen-bond acceptors (Lipinski definition) is 4. The van der Waals surface area contributed by atoms with E-state index in [1.165, 1.54) is 4.31 Å². The lowest BCUT2D eigenvalue weighted by molar-refractivity contribution is -0.128. The maximum Gasteiger partial charge on any atom is 0.263 e. The second-order valence-corrected chi connectivity index (χ2v) is 9.88. The molecule has 0 spiro atoms. The third-order valence-electron chi connectivity index (χ3n) is 4.90. The minimum atomic E-state index is -3.55. The number of nitrogens with one attached hydrogen (secondary N) is 1. The molecule has 0 radical (unpaired) electrons. The van der Waals surface area contributed by atoms with Crippen LogP contribution < -0.4 is 14.4 Å². The van der Waals surface area contributed by atoms with Crippen molar-refractivity contribution >= 4 is 21.6 Å². The molecule has 1 aliphatic rings. The van der Waals surface area contributed by atoms with Gasteiger partial charge in [0, 0.05) is 0 Å². The molecule has 1 N–H and O–H groups in total. The standard InChI is InChI=1S/C22H28N2O4S/c1-15(2)12-18(17-8-6-5-7-9-17)23-22(25)21-14-24(29(4,26)27)19-13-16(3)10-11-20(19)28-21/h5-11,13,15,18,21H,12,14H2,1-4H3,(H,23,25). The lowest BCUT2D eigenvalue weighted by Gasteiger charge is -2.35. The summed E-state index contributed by atoms with van der Waals surface area (Å²) in [5.74, 6) is 0.455. The van der Waals surface area contributed by atoms with Crippen LogP contribution in [0, 0.1) is 12.8 Å². The molecule has 2 atom stereocenters. The number of hydrogen-bond donors (Lipinski definition) is 1. The number of carbonyl (C=O) groups excluding carboxylic acids is 1. The van der Waals surface area contributed by atoms with Gasteiger partial charge in [0.25, 0.3) is 5.91 Å². The fourth-order valence-electron chi connectivity index (χ4n) is 3.51. The Labute approximate surface area is 172 Å². The molecule has 1 aliphatic heterocycles. The van der Waals surface area contributed by atoms with Crippen LogP contribution in [0.15, 0.2) is 48.5 Å². The highest BCUT2D eigenvalue weighted by Crippen LogP contribution is 2.36. The number of ether oxygens (including phenoxy) is 1. The van der Waals surface area contributed by atoms with E-state index < -0.39 is 16.1 Å². The van der Waals surface area contributed by atoms with Crippen molar-refractivity contribution in [1.29, 1.82) is 0 Å². The molecular weight excluding hydrogens is 388 g/mol. The van der Waals surface area contributed by atoms with Crippen LogP contribution in [0.2, 0.25) is 0 Å². The summed E-state index contributed by atoms with van der Waals surface area (Å²) in [6.45, 7) is 6.03. The largest absolute Gasteiger partial charge is 0.476 e. The highest BCUT2D eigenvalue weighted by molar-refractivity contribution is 7.92. The molecule has 0 aliphatic carbocycles. The summed E-state index contributed by atoms with van der Waals surface area (Å²) in [5.41, 5.74) is 2.41. The topological polar surface area (TPSA) is 75.7 Å². The quantitative estimate of drug-likeness (QED) is 0.783. The van der Waals surface area contributed by atoms with Crippen molar-refractivity contribution in [3.8, 4) is 5.75 Å². The number of rotatable bonds is 6.